The van der Waals surface area contributed by atoms with Crippen molar-refractivity contribution in [2.45, 2.75) is 0 Å². The van der Waals surface area contributed by atoms with Crippen molar-refractivity contribution in [3.8, 4) is 0 Å². The highest BCUT2D eigenvalue weighted by molar-refractivity contribution is 9.10. The van der Waals surface area contributed by atoms with Gasteiger partial charge in [0, 0.05) is 16.7 Å². The number of hydrogen-bond acceptors (Lipinski definition) is 1. The molecule has 0 saturated carbocycles. The average molecular weight is 191 g/mol. The second-order valence-corrected chi connectivity index (χ2v) is 2.46. The van der Waals surface area contributed by atoms with Crippen LogP contribution < -0.4 is 0 Å². The van der Waals surface area contributed by atoms with Crippen LogP contribution in [0.3, 0.4) is 0 Å². The van der Waals surface area contributed by atoms with E-state index in [9.17, 15) is 0 Å². The molecule has 0 amide bonds. The van der Waals surface area contributed by atoms with E-state index >= 15 is 0 Å². The van der Waals surface area contributed by atoms with Gasteiger partial charge in [0.2, 0.25) is 0 Å². The molecule has 0 aliphatic heterocycles. The normalized spacial score (nSPS) is 9.25. The number of aromatic nitrogens is 1. The minimum Gasteiger partial charge on any atom is -0.243 e. The molecule has 1 rings (SSSR count). The van der Waals surface area contributed by atoms with Gasteiger partial charge in [-0.05, 0) is 22.0 Å². The van der Waals surface area contributed by atoms with Crippen molar-refractivity contribution in [3.05, 3.63) is 28.0 Å². The van der Waals surface area contributed by atoms with Crippen LogP contribution >= 0.6 is 27.5 Å². The third-order valence-corrected chi connectivity index (χ3v) is 1.27. The van der Waals surface area contributed by atoms with Crippen molar-refractivity contribution in [1.29, 1.82) is 0 Å². The molecule has 0 spiro atoms. The molecular weight excluding hydrogens is 189 g/mol. The molecule has 1 aromatic heterocycles. The molecule has 1 aromatic rings. The monoisotopic (exact) mass is 190 g/mol. The van der Waals surface area contributed by atoms with Gasteiger partial charge in [0.05, 0.1) is 0 Å². The first-order valence-electron chi connectivity index (χ1n) is 1.98. The maximum absolute atomic E-state index is 5.45. The lowest BCUT2D eigenvalue weighted by atomic mass is 10.5. The van der Waals surface area contributed by atoms with E-state index in [4.69, 9.17) is 11.6 Å². The molecule has 0 fully saturated rings. The van der Waals surface area contributed by atoms with Gasteiger partial charge in [-0.1, -0.05) is 11.6 Å². The molecular formula is C5H2BrClN. The molecule has 1 radical (unpaired) electrons. The highest BCUT2D eigenvalue weighted by Crippen LogP contribution is 2.08. The molecule has 3 heteroatoms. The number of halogens is 2. The van der Waals surface area contributed by atoms with Crippen LogP contribution in [0.15, 0.2) is 16.7 Å². The Morgan fingerprint density at radius 2 is 2.50 bits per heavy atom. The lowest BCUT2D eigenvalue weighted by Gasteiger charge is -1.85. The first-order chi connectivity index (χ1) is 3.79. The second kappa shape index (κ2) is 2.46. The van der Waals surface area contributed by atoms with Gasteiger partial charge in [0.25, 0.3) is 0 Å². The molecule has 0 aliphatic rings. The van der Waals surface area contributed by atoms with Gasteiger partial charge < -0.3 is 0 Å². The summed E-state index contributed by atoms with van der Waals surface area (Å²) in [5.41, 5.74) is 0. The van der Waals surface area contributed by atoms with E-state index in [1.54, 1.807) is 12.3 Å². The Kier molecular flexibility index (Phi) is 1.86. The van der Waals surface area contributed by atoms with Crippen molar-refractivity contribution >= 4 is 27.5 Å². The lowest BCUT2D eigenvalue weighted by Crippen LogP contribution is -1.70. The maximum atomic E-state index is 5.45. The Morgan fingerprint density at radius 1 is 1.75 bits per heavy atom. The van der Waals surface area contributed by atoms with Gasteiger partial charge in [-0.25, -0.2) is 4.98 Å². The largest absolute Gasteiger partial charge is 0.243 e. The molecule has 0 atom stereocenters. The molecule has 0 N–H and O–H groups in total. The summed E-state index contributed by atoms with van der Waals surface area (Å²) in [6.45, 7) is 0. The summed E-state index contributed by atoms with van der Waals surface area (Å²) in [4.78, 5) is 3.77. The van der Waals surface area contributed by atoms with E-state index in [1.807, 2.05) is 0 Å². The zero-order valence-electron chi connectivity index (χ0n) is 3.86. The minimum atomic E-state index is 0.466. The van der Waals surface area contributed by atoms with Gasteiger partial charge in [-0.15, -0.1) is 0 Å². The number of nitrogens with zero attached hydrogens (tertiary/aromatic N) is 1. The van der Waals surface area contributed by atoms with E-state index in [-0.39, 0.29) is 0 Å². The zero-order valence-corrected chi connectivity index (χ0v) is 6.20. The standard InChI is InChI=1S/C5H2BrClN/c6-4-1-2-5(7)8-3-4/h2-3H. The minimum absolute atomic E-state index is 0.466. The first kappa shape index (κ1) is 6.05. The van der Waals surface area contributed by atoms with Crippen LogP contribution in [0.2, 0.25) is 5.15 Å². The van der Waals surface area contributed by atoms with Crippen LogP contribution in [-0.4, -0.2) is 4.98 Å². The van der Waals surface area contributed by atoms with Crippen LogP contribution in [0.4, 0.5) is 0 Å². The van der Waals surface area contributed by atoms with Crippen LogP contribution in [0.25, 0.3) is 0 Å². The van der Waals surface area contributed by atoms with Gasteiger partial charge in [0.1, 0.15) is 5.15 Å². The summed E-state index contributed by atoms with van der Waals surface area (Å²) in [7, 11) is 0. The Bertz CT molecular complexity index is 151. The zero-order chi connectivity index (χ0) is 5.98. The van der Waals surface area contributed by atoms with Gasteiger partial charge in [-0.3, -0.25) is 0 Å². The molecule has 0 saturated heterocycles. The van der Waals surface area contributed by atoms with Gasteiger partial charge in [-0.2, -0.15) is 0 Å². The first-order valence-corrected chi connectivity index (χ1v) is 3.15. The van der Waals surface area contributed by atoms with E-state index < -0.39 is 0 Å². The Morgan fingerprint density at radius 3 is 2.88 bits per heavy atom. The fourth-order valence-corrected chi connectivity index (χ4v) is 0.642. The molecule has 0 unspecified atom stereocenters. The quantitative estimate of drug-likeness (QED) is 0.574. The van der Waals surface area contributed by atoms with Gasteiger partial charge >= 0.3 is 0 Å². The smallest absolute Gasteiger partial charge is 0.129 e. The Labute approximate surface area is 60.8 Å². The van der Waals surface area contributed by atoms with Crippen molar-refractivity contribution < 1.29 is 0 Å². The fraction of sp³-hybridized carbons (Fsp3) is 0. The maximum Gasteiger partial charge on any atom is 0.129 e. The Balaban J connectivity index is 3.03. The predicted octanol–water partition coefficient (Wildman–Crippen LogP) is 2.30. The molecule has 8 heavy (non-hydrogen) atoms. The van der Waals surface area contributed by atoms with E-state index in [1.165, 1.54) is 0 Å². The number of pyridine rings is 1. The molecule has 1 nitrogen and oxygen atoms in total. The molecule has 41 valence electrons. The highest BCUT2D eigenvalue weighted by atomic mass is 79.9. The summed E-state index contributed by atoms with van der Waals surface area (Å²) < 4.78 is 0.821. The van der Waals surface area contributed by atoms with Crippen LogP contribution in [0.1, 0.15) is 0 Å². The topological polar surface area (TPSA) is 12.9 Å². The summed E-state index contributed by atoms with van der Waals surface area (Å²) in [6.07, 6.45) is 1.60. The fourth-order valence-electron chi connectivity index (χ4n) is 0.321. The summed E-state index contributed by atoms with van der Waals surface area (Å²) >= 11 is 8.62. The second-order valence-electron chi connectivity index (χ2n) is 1.22. The third-order valence-electron chi connectivity index (χ3n) is 0.630. The summed E-state index contributed by atoms with van der Waals surface area (Å²) in [5.74, 6) is 0. The number of hydrogen-bond donors (Lipinski definition) is 0. The van der Waals surface area contributed by atoms with Crippen molar-refractivity contribution in [2.24, 2.45) is 0 Å². The van der Waals surface area contributed by atoms with E-state index in [2.05, 4.69) is 27.0 Å². The molecule has 0 aliphatic carbocycles. The van der Waals surface area contributed by atoms with Crippen molar-refractivity contribution in [3.63, 3.8) is 0 Å². The SMILES string of the molecule is Clc1c[c]c(Br)cn1. The number of rotatable bonds is 0. The average Bonchev–Trinajstić information content (AvgIpc) is 1.77. The van der Waals surface area contributed by atoms with E-state index in [0.717, 1.165) is 4.47 Å². The lowest BCUT2D eigenvalue weighted by molar-refractivity contribution is 1.30. The third kappa shape index (κ3) is 1.46. The van der Waals surface area contributed by atoms with Crippen molar-refractivity contribution in [1.82, 2.24) is 4.98 Å². The summed E-state index contributed by atoms with van der Waals surface area (Å²) in [6, 6.07) is 4.42. The van der Waals surface area contributed by atoms with Crippen molar-refractivity contribution in [2.75, 3.05) is 0 Å². The van der Waals surface area contributed by atoms with E-state index in [0.29, 0.717) is 5.15 Å². The molecule has 1 heterocycles. The Hall–Kier alpha value is -0.0800. The van der Waals surface area contributed by atoms with Crippen LogP contribution in [0, 0.1) is 6.07 Å². The molecule has 0 aromatic carbocycles. The predicted molar refractivity (Wildman–Crippen MR) is 35.8 cm³/mol. The van der Waals surface area contributed by atoms with Gasteiger partial charge in [0.15, 0.2) is 0 Å². The molecule has 0 bridgehead atoms. The highest BCUT2D eigenvalue weighted by Gasteiger charge is 1.85. The van der Waals surface area contributed by atoms with Crippen LogP contribution in [-0.2, 0) is 0 Å². The van der Waals surface area contributed by atoms with Crippen LogP contribution in [0.5, 0.6) is 0 Å². The summed E-state index contributed by atoms with van der Waals surface area (Å²) in [5, 5.41) is 0.466.